The summed E-state index contributed by atoms with van der Waals surface area (Å²) in [5.41, 5.74) is 6.27. The molecular weight excluding hydrogens is 366 g/mol. The van der Waals surface area contributed by atoms with Gasteiger partial charge in [-0.05, 0) is 61.9 Å². The predicted octanol–water partition coefficient (Wildman–Crippen LogP) is 5.28. The van der Waals surface area contributed by atoms with Gasteiger partial charge in [0.15, 0.2) is 0 Å². The van der Waals surface area contributed by atoms with Crippen molar-refractivity contribution >= 4 is 39.2 Å². The molecule has 2 heterocycles. The highest BCUT2D eigenvalue weighted by Crippen LogP contribution is 2.40. The van der Waals surface area contributed by atoms with Crippen molar-refractivity contribution < 1.29 is 9.21 Å². The lowest BCUT2D eigenvalue weighted by atomic mass is 9.93. The zero-order valence-electron chi connectivity index (χ0n) is 14.0. The molecule has 4 rings (SSSR count). The lowest BCUT2D eigenvalue weighted by Gasteiger charge is -2.09. The van der Waals surface area contributed by atoms with E-state index in [1.165, 1.54) is 24.0 Å². The molecule has 0 unspecified atom stereocenters. The summed E-state index contributed by atoms with van der Waals surface area (Å²) in [7, 11) is 0. The summed E-state index contributed by atoms with van der Waals surface area (Å²) in [6.45, 7) is 4.19. The highest BCUT2D eigenvalue weighted by atomic mass is 79.9. The zero-order chi connectivity index (χ0) is 16.8. The summed E-state index contributed by atoms with van der Waals surface area (Å²) < 4.78 is 7.17. The minimum atomic E-state index is -0.0531. The van der Waals surface area contributed by atoms with Crippen LogP contribution in [0.4, 0.5) is 5.69 Å². The van der Waals surface area contributed by atoms with Crippen molar-refractivity contribution in [2.24, 2.45) is 0 Å². The fraction of sp³-hybridized carbons (Fsp3) is 0.350. The molecule has 0 saturated heterocycles. The van der Waals surface area contributed by atoms with Gasteiger partial charge in [-0.25, -0.2) is 0 Å². The average Bonchev–Trinajstić information content (AvgIpc) is 3.09. The third-order valence-electron chi connectivity index (χ3n) is 5.10. The van der Waals surface area contributed by atoms with Crippen molar-refractivity contribution in [1.29, 1.82) is 0 Å². The molecule has 1 N–H and O–H groups in total. The van der Waals surface area contributed by atoms with Crippen LogP contribution in [0.1, 0.15) is 53.5 Å². The van der Waals surface area contributed by atoms with E-state index in [2.05, 4.69) is 28.2 Å². The molecule has 1 aromatic heterocycles. The smallest absolute Gasteiger partial charge is 0.256 e. The lowest BCUT2D eigenvalue weighted by Crippen LogP contribution is -2.03. The van der Waals surface area contributed by atoms with E-state index in [0.717, 1.165) is 52.1 Å². The summed E-state index contributed by atoms with van der Waals surface area (Å²) in [4.78, 5) is 12.5. The molecule has 2 aromatic rings. The summed E-state index contributed by atoms with van der Waals surface area (Å²) in [6, 6.07) is 3.92. The first-order chi connectivity index (χ1) is 11.6. The highest BCUT2D eigenvalue weighted by molar-refractivity contribution is 9.10. The van der Waals surface area contributed by atoms with Gasteiger partial charge in [0.1, 0.15) is 11.5 Å². The van der Waals surface area contributed by atoms with Crippen LogP contribution in [0, 0.1) is 6.92 Å². The Morgan fingerprint density at radius 3 is 2.88 bits per heavy atom. The van der Waals surface area contributed by atoms with Crippen LogP contribution in [0.25, 0.3) is 11.6 Å². The second kappa shape index (κ2) is 5.92. The molecule has 2 aliphatic rings. The zero-order valence-corrected chi connectivity index (χ0v) is 15.5. The number of hydrogen-bond donors (Lipinski definition) is 1. The molecule has 3 nitrogen and oxygen atoms in total. The molecule has 4 heteroatoms. The van der Waals surface area contributed by atoms with Gasteiger partial charge in [0.05, 0.1) is 5.57 Å². The number of furan rings is 1. The minimum Gasteiger partial charge on any atom is -0.461 e. The van der Waals surface area contributed by atoms with Crippen LogP contribution < -0.4 is 5.32 Å². The number of nitrogens with one attached hydrogen (secondary N) is 1. The van der Waals surface area contributed by atoms with E-state index in [9.17, 15) is 4.79 Å². The Morgan fingerprint density at radius 1 is 1.29 bits per heavy atom. The van der Waals surface area contributed by atoms with E-state index >= 15 is 0 Å². The van der Waals surface area contributed by atoms with Crippen LogP contribution in [-0.2, 0) is 24.1 Å². The van der Waals surface area contributed by atoms with E-state index in [1.54, 1.807) is 0 Å². The van der Waals surface area contributed by atoms with E-state index < -0.39 is 0 Å². The Bertz CT molecular complexity index is 876. The van der Waals surface area contributed by atoms with Crippen LogP contribution >= 0.6 is 15.9 Å². The molecule has 0 saturated carbocycles. The molecule has 1 aliphatic heterocycles. The quantitative estimate of drug-likeness (QED) is 0.714. The number of fused-ring (bicyclic) bond motifs is 2. The van der Waals surface area contributed by atoms with Crippen LogP contribution in [0.3, 0.4) is 0 Å². The van der Waals surface area contributed by atoms with Gasteiger partial charge < -0.3 is 9.73 Å². The van der Waals surface area contributed by atoms with Crippen LogP contribution in [0.2, 0.25) is 0 Å². The maximum atomic E-state index is 12.5. The van der Waals surface area contributed by atoms with Gasteiger partial charge in [0.25, 0.3) is 5.91 Å². The molecule has 24 heavy (non-hydrogen) atoms. The number of benzene rings is 1. The van der Waals surface area contributed by atoms with Gasteiger partial charge in [-0.1, -0.05) is 22.9 Å². The lowest BCUT2D eigenvalue weighted by molar-refractivity contribution is -0.110. The number of anilines is 1. The molecule has 1 amide bonds. The molecular formula is C20H20BrNO2. The van der Waals surface area contributed by atoms with Gasteiger partial charge >= 0.3 is 0 Å². The number of aryl methyl sites for hydroxylation is 1. The number of halogens is 1. The molecule has 0 atom stereocenters. The van der Waals surface area contributed by atoms with E-state index in [4.69, 9.17) is 4.42 Å². The Kier molecular flexibility index (Phi) is 3.87. The minimum absolute atomic E-state index is 0.0531. The molecule has 124 valence electrons. The van der Waals surface area contributed by atoms with Gasteiger partial charge in [0, 0.05) is 27.7 Å². The van der Waals surface area contributed by atoms with Crippen molar-refractivity contribution in [2.75, 3.05) is 5.32 Å². The first-order valence-electron chi connectivity index (χ1n) is 8.56. The van der Waals surface area contributed by atoms with Crippen molar-refractivity contribution in [1.82, 2.24) is 0 Å². The number of hydrogen-bond acceptors (Lipinski definition) is 2. The Hall–Kier alpha value is -1.81. The van der Waals surface area contributed by atoms with Gasteiger partial charge in [-0.3, -0.25) is 4.79 Å². The predicted molar refractivity (Wildman–Crippen MR) is 100 cm³/mol. The fourth-order valence-electron chi connectivity index (χ4n) is 3.87. The van der Waals surface area contributed by atoms with Crippen LogP contribution in [-0.4, -0.2) is 5.91 Å². The molecule has 1 aromatic carbocycles. The SMILES string of the molecule is CCc1c(C=C2C(=O)Nc3ccc(Br)c(C)c32)oc2c1CCCC2. The van der Waals surface area contributed by atoms with Crippen molar-refractivity contribution in [3.8, 4) is 0 Å². The maximum absolute atomic E-state index is 12.5. The average molecular weight is 386 g/mol. The second-order valence-electron chi connectivity index (χ2n) is 6.51. The molecule has 0 spiro atoms. The van der Waals surface area contributed by atoms with Crippen molar-refractivity contribution in [3.05, 3.63) is 50.4 Å². The van der Waals surface area contributed by atoms with Crippen molar-refractivity contribution in [3.63, 3.8) is 0 Å². The van der Waals surface area contributed by atoms with Crippen molar-refractivity contribution in [2.45, 2.75) is 46.0 Å². The normalized spacial score (nSPS) is 17.8. The monoisotopic (exact) mass is 385 g/mol. The Morgan fingerprint density at radius 2 is 2.08 bits per heavy atom. The number of carbonyl (C=O) groups excluding carboxylic acids is 1. The third kappa shape index (κ3) is 2.35. The van der Waals surface area contributed by atoms with Gasteiger partial charge in [-0.2, -0.15) is 0 Å². The van der Waals surface area contributed by atoms with Gasteiger partial charge in [-0.15, -0.1) is 0 Å². The summed E-state index contributed by atoms with van der Waals surface area (Å²) in [5.74, 6) is 1.93. The molecule has 0 fully saturated rings. The van der Waals surface area contributed by atoms with E-state index in [1.807, 2.05) is 25.1 Å². The number of carbonyl (C=O) groups is 1. The Balaban J connectivity index is 1.88. The molecule has 0 bridgehead atoms. The largest absolute Gasteiger partial charge is 0.461 e. The summed E-state index contributed by atoms with van der Waals surface area (Å²) >= 11 is 3.57. The summed E-state index contributed by atoms with van der Waals surface area (Å²) in [6.07, 6.45) is 7.40. The first kappa shape index (κ1) is 15.7. The Labute approximate surface area is 150 Å². The topological polar surface area (TPSA) is 42.2 Å². The molecule has 1 aliphatic carbocycles. The second-order valence-corrected chi connectivity index (χ2v) is 7.37. The van der Waals surface area contributed by atoms with Gasteiger partial charge in [0.2, 0.25) is 0 Å². The van der Waals surface area contributed by atoms with Crippen LogP contribution in [0.15, 0.2) is 21.0 Å². The van der Waals surface area contributed by atoms with Crippen LogP contribution in [0.5, 0.6) is 0 Å². The summed E-state index contributed by atoms with van der Waals surface area (Å²) in [5, 5.41) is 2.97. The number of amides is 1. The fourth-order valence-corrected chi connectivity index (χ4v) is 4.20. The van der Waals surface area contributed by atoms with E-state index in [0.29, 0.717) is 5.57 Å². The highest BCUT2D eigenvalue weighted by Gasteiger charge is 2.28. The molecule has 0 radical (unpaired) electrons. The van der Waals surface area contributed by atoms with E-state index in [-0.39, 0.29) is 5.91 Å². The standard InChI is InChI=1S/C20H20BrNO2/c1-3-12-13-6-4-5-7-17(13)24-18(12)10-14-19-11(2)15(21)8-9-16(19)22-20(14)23/h8-10H,3-7H2,1-2H3,(H,22,23). The first-order valence-corrected chi connectivity index (χ1v) is 9.35. The third-order valence-corrected chi connectivity index (χ3v) is 5.96. The maximum Gasteiger partial charge on any atom is 0.256 e. The number of rotatable bonds is 2.